The van der Waals surface area contributed by atoms with Crippen molar-refractivity contribution in [2.45, 2.75) is 50.0 Å². The average Bonchev–Trinajstić information content (AvgIpc) is 2.36. The van der Waals surface area contributed by atoms with E-state index in [2.05, 4.69) is 5.10 Å². The summed E-state index contributed by atoms with van der Waals surface area (Å²) < 4.78 is 1.58. The SMILES string of the molecule is CCSc1cnn(C2CCCCC2)c(=O)c1Cl. The van der Waals surface area contributed by atoms with Crippen LogP contribution in [0.15, 0.2) is 15.9 Å². The van der Waals surface area contributed by atoms with Gasteiger partial charge in [-0.05, 0) is 18.6 Å². The molecule has 0 amide bonds. The molecule has 3 nitrogen and oxygen atoms in total. The molecule has 2 rings (SSSR count). The first kappa shape index (κ1) is 13.0. The molecule has 1 saturated carbocycles. The third kappa shape index (κ3) is 2.86. The molecule has 0 N–H and O–H groups in total. The van der Waals surface area contributed by atoms with Crippen molar-refractivity contribution in [3.8, 4) is 0 Å². The Morgan fingerprint density at radius 2 is 2.18 bits per heavy atom. The summed E-state index contributed by atoms with van der Waals surface area (Å²) in [7, 11) is 0. The highest BCUT2D eigenvalue weighted by Gasteiger charge is 2.19. The Kier molecular flexibility index (Phi) is 4.51. The van der Waals surface area contributed by atoms with E-state index in [9.17, 15) is 4.79 Å². The summed E-state index contributed by atoms with van der Waals surface area (Å²) in [5.41, 5.74) is -0.128. The van der Waals surface area contributed by atoms with Gasteiger partial charge >= 0.3 is 0 Å². The van der Waals surface area contributed by atoms with Crippen LogP contribution in [-0.4, -0.2) is 15.5 Å². The van der Waals surface area contributed by atoms with Crippen LogP contribution in [0.1, 0.15) is 45.1 Å². The molecule has 0 aliphatic heterocycles. The number of hydrogen-bond acceptors (Lipinski definition) is 3. The van der Waals surface area contributed by atoms with Crippen LogP contribution in [0.4, 0.5) is 0 Å². The number of hydrogen-bond donors (Lipinski definition) is 0. The average molecular weight is 273 g/mol. The summed E-state index contributed by atoms with van der Waals surface area (Å²) in [5.74, 6) is 0.897. The maximum absolute atomic E-state index is 12.1. The number of nitrogens with zero attached hydrogens (tertiary/aromatic N) is 2. The molecule has 0 bridgehead atoms. The molecule has 1 heterocycles. The largest absolute Gasteiger partial charge is 0.286 e. The minimum absolute atomic E-state index is 0.128. The molecule has 5 heteroatoms. The van der Waals surface area contributed by atoms with E-state index >= 15 is 0 Å². The van der Waals surface area contributed by atoms with E-state index in [4.69, 9.17) is 11.6 Å². The molecule has 1 aromatic rings. The van der Waals surface area contributed by atoms with Gasteiger partial charge in [-0.25, -0.2) is 4.68 Å². The van der Waals surface area contributed by atoms with Crippen LogP contribution >= 0.6 is 23.4 Å². The Bertz CT molecular complexity index is 441. The van der Waals surface area contributed by atoms with Crippen molar-refractivity contribution in [2.24, 2.45) is 0 Å². The molecule has 1 aliphatic rings. The van der Waals surface area contributed by atoms with Gasteiger partial charge in [0.05, 0.1) is 17.1 Å². The first-order valence-corrected chi connectivity index (χ1v) is 7.50. The van der Waals surface area contributed by atoms with Crippen molar-refractivity contribution in [2.75, 3.05) is 5.75 Å². The van der Waals surface area contributed by atoms with Gasteiger partial charge in [0.25, 0.3) is 5.56 Å². The molecular weight excluding hydrogens is 256 g/mol. The summed E-state index contributed by atoms with van der Waals surface area (Å²) in [6.45, 7) is 2.04. The minimum atomic E-state index is -0.128. The third-order valence-electron chi connectivity index (χ3n) is 3.13. The van der Waals surface area contributed by atoms with Gasteiger partial charge in [0.15, 0.2) is 0 Å². The van der Waals surface area contributed by atoms with E-state index in [0.29, 0.717) is 5.02 Å². The lowest BCUT2D eigenvalue weighted by atomic mass is 9.96. The molecule has 0 unspecified atom stereocenters. The first-order valence-electron chi connectivity index (χ1n) is 6.14. The predicted octanol–water partition coefficient (Wildman–Crippen LogP) is 3.51. The normalized spacial score (nSPS) is 17.3. The summed E-state index contributed by atoms with van der Waals surface area (Å²) in [6, 6.07) is 0.245. The van der Waals surface area contributed by atoms with Gasteiger partial charge in [0.1, 0.15) is 5.02 Å². The summed E-state index contributed by atoms with van der Waals surface area (Å²) in [5, 5.41) is 4.61. The van der Waals surface area contributed by atoms with Gasteiger partial charge in [-0.15, -0.1) is 11.8 Å². The zero-order chi connectivity index (χ0) is 12.3. The Labute approximate surface area is 111 Å². The van der Waals surface area contributed by atoms with Crippen molar-refractivity contribution in [3.63, 3.8) is 0 Å². The summed E-state index contributed by atoms with van der Waals surface area (Å²) in [6.07, 6.45) is 7.45. The van der Waals surface area contributed by atoms with Crippen LogP contribution in [0.5, 0.6) is 0 Å². The fourth-order valence-corrected chi connectivity index (χ4v) is 3.22. The lowest BCUT2D eigenvalue weighted by Gasteiger charge is -2.22. The molecule has 0 spiro atoms. The quantitative estimate of drug-likeness (QED) is 0.790. The Morgan fingerprint density at radius 1 is 1.47 bits per heavy atom. The van der Waals surface area contributed by atoms with Gasteiger partial charge in [0, 0.05) is 0 Å². The second-order valence-corrected chi connectivity index (χ2v) is 5.98. The molecule has 94 valence electrons. The maximum Gasteiger partial charge on any atom is 0.286 e. The lowest BCUT2D eigenvalue weighted by Crippen LogP contribution is -2.29. The van der Waals surface area contributed by atoms with Crippen LogP contribution in [0.2, 0.25) is 5.02 Å². The van der Waals surface area contributed by atoms with E-state index in [1.807, 2.05) is 6.92 Å². The van der Waals surface area contributed by atoms with Gasteiger partial charge in [-0.1, -0.05) is 37.8 Å². The second-order valence-electron chi connectivity index (χ2n) is 4.30. The Morgan fingerprint density at radius 3 is 2.82 bits per heavy atom. The summed E-state index contributed by atoms with van der Waals surface area (Å²) >= 11 is 7.67. The Balaban J connectivity index is 2.29. The van der Waals surface area contributed by atoms with Crippen molar-refractivity contribution in [3.05, 3.63) is 21.6 Å². The summed E-state index contributed by atoms with van der Waals surface area (Å²) in [4.78, 5) is 12.9. The molecule has 1 aliphatic carbocycles. The van der Waals surface area contributed by atoms with E-state index in [-0.39, 0.29) is 11.6 Å². The lowest BCUT2D eigenvalue weighted by molar-refractivity contribution is 0.317. The van der Waals surface area contributed by atoms with Crippen LogP contribution in [0.3, 0.4) is 0 Å². The van der Waals surface area contributed by atoms with E-state index in [0.717, 1.165) is 23.5 Å². The predicted molar refractivity (Wildman–Crippen MR) is 72.0 cm³/mol. The van der Waals surface area contributed by atoms with Crippen molar-refractivity contribution in [1.29, 1.82) is 0 Å². The fraction of sp³-hybridized carbons (Fsp3) is 0.667. The molecular formula is C12H17ClN2OS. The molecule has 0 saturated heterocycles. The minimum Gasteiger partial charge on any atom is -0.266 e. The number of thioether (sulfide) groups is 1. The standard InChI is InChI=1S/C12H17ClN2OS/c1-2-17-10-8-14-15(12(16)11(10)13)9-6-4-3-5-7-9/h8-9H,2-7H2,1H3. The van der Waals surface area contributed by atoms with Gasteiger partial charge in [-0.2, -0.15) is 5.10 Å². The zero-order valence-electron chi connectivity index (χ0n) is 9.99. The first-order chi connectivity index (χ1) is 8.24. The molecule has 0 atom stereocenters. The molecule has 17 heavy (non-hydrogen) atoms. The highest BCUT2D eigenvalue weighted by molar-refractivity contribution is 7.99. The van der Waals surface area contributed by atoms with Gasteiger partial charge in [-0.3, -0.25) is 4.79 Å². The van der Waals surface area contributed by atoms with Crippen molar-refractivity contribution in [1.82, 2.24) is 9.78 Å². The van der Waals surface area contributed by atoms with Crippen molar-refractivity contribution < 1.29 is 0 Å². The van der Waals surface area contributed by atoms with Crippen LogP contribution < -0.4 is 5.56 Å². The third-order valence-corrected chi connectivity index (χ3v) is 4.52. The highest BCUT2D eigenvalue weighted by Crippen LogP contribution is 2.28. The monoisotopic (exact) mass is 272 g/mol. The van der Waals surface area contributed by atoms with Crippen LogP contribution in [0.25, 0.3) is 0 Å². The number of rotatable bonds is 3. The molecule has 0 radical (unpaired) electrons. The molecule has 1 aromatic heterocycles. The van der Waals surface area contributed by atoms with Gasteiger partial charge < -0.3 is 0 Å². The second kappa shape index (κ2) is 5.91. The van der Waals surface area contributed by atoms with E-state index in [1.54, 1.807) is 22.6 Å². The topological polar surface area (TPSA) is 34.9 Å². The molecule has 1 fully saturated rings. The number of aromatic nitrogens is 2. The maximum atomic E-state index is 12.1. The van der Waals surface area contributed by atoms with Crippen molar-refractivity contribution >= 4 is 23.4 Å². The van der Waals surface area contributed by atoms with Gasteiger partial charge in [0.2, 0.25) is 0 Å². The Hall–Kier alpha value is -0.480. The fourth-order valence-electron chi connectivity index (χ4n) is 2.27. The number of halogens is 1. The molecule has 0 aromatic carbocycles. The highest BCUT2D eigenvalue weighted by atomic mass is 35.5. The zero-order valence-corrected chi connectivity index (χ0v) is 11.6. The smallest absolute Gasteiger partial charge is 0.266 e. The van der Waals surface area contributed by atoms with E-state index in [1.165, 1.54) is 19.3 Å². The van der Waals surface area contributed by atoms with E-state index < -0.39 is 0 Å². The van der Waals surface area contributed by atoms with Crippen LogP contribution in [-0.2, 0) is 0 Å². The van der Waals surface area contributed by atoms with Crippen LogP contribution in [0, 0.1) is 0 Å².